The lowest BCUT2D eigenvalue weighted by atomic mass is 9.49. The van der Waals surface area contributed by atoms with Gasteiger partial charge >= 0.3 is 9.28 Å². The summed E-state index contributed by atoms with van der Waals surface area (Å²) < 4.78 is 12.1. The Hall–Kier alpha value is 0.137. The summed E-state index contributed by atoms with van der Waals surface area (Å²) in [4.78, 5) is 0. The highest BCUT2D eigenvalue weighted by Gasteiger charge is 2.55. The van der Waals surface area contributed by atoms with E-state index in [4.69, 9.17) is 8.85 Å². The molecule has 4 fully saturated rings. The van der Waals surface area contributed by atoms with E-state index < -0.39 is 9.28 Å². The highest BCUT2D eigenvalue weighted by molar-refractivity contribution is 6.46. The summed E-state index contributed by atoms with van der Waals surface area (Å²) >= 11 is 0. The quantitative estimate of drug-likeness (QED) is 0.688. The maximum Gasteiger partial charge on any atom is 0.324 e. The molecule has 4 saturated carbocycles. The first-order valence-electron chi connectivity index (χ1n) is 8.40. The molecule has 1 atom stereocenters. The van der Waals surface area contributed by atoms with Crippen molar-refractivity contribution in [3.8, 4) is 0 Å². The molecule has 19 heavy (non-hydrogen) atoms. The maximum atomic E-state index is 6.05. The molecule has 0 amide bonds. The molecule has 0 heterocycles. The fourth-order valence-corrected chi connectivity index (χ4v) is 8.01. The molecule has 2 nitrogen and oxygen atoms in total. The first kappa shape index (κ1) is 14.1. The third-order valence-corrected chi connectivity index (χ3v) is 8.97. The first-order chi connectivity index (χ1) is 9.16. The molecular weight excluding hydrogens is 252 g/mol. The van der Waals surface area contributed by atoms with Crippen LogP contribution in [0.2, 0.25) is 5.54 Å². The van der Waals surface area contributed by atoms with Gasteiger partial charge in [-0.15, -0.1) is 0 Å². The molecule has 0 radical (unpaired) electrons. The monoisotopic (exact) mass is 282 g/mol. The standard InChI is InChI=1S/C16H30O2Si/c1-4-17-19(18-5-2)12(3)16-9-13-6-14(10-16)8-15(7-13)11-16/h12-15,19H,4-11H2,1-3H3. The second kappa shape index (κ2) is 5.49. The Morgan fingerprint density at radius 2 is 1.37 bits per heavy atom. The average Bonchev–Trinajstić information content (AvgIpc) is 2.36. The summed E-state index contributed by atoms with van der Waals surface area (Å²) in [5.74, 6) is 3.10. The van der Waals surface area contributed by atoms with E-state index in [1.807, 2.05) is 0 Å². The van der Waals surface area contributed by atoms with E-state index >= 15 is 0 Å². The SMILES string of the molecule is CCO[SiH](OCC)C(C)C12CC3CC(CC(C3)C1)C2. The second-order valence-electron chi connectivity index (χ2n) is 7.35. The lowest BCUT2D eigenvalue weighted by Crippen LogP contribution is -2.51. The Morgan fingerprint density at radius 3 is 1.74 bits per heavy atom. The molecule has 4 bridgehead atoms. The van der Waals surface area contributed by atoms with Crippen molar-refractivity contribution in [3.63, 3.8) is 0 Å². The minimum absolute atomic E-state index is 0.593. The lowest BCUT2D eigenvalue weighted by Gasteiger charge is -2.59. The zero-order chi connectivity index (χ0) is 13.5. The molecule has 0 saturated heterocycles. The van der Waals surface area contributed by atoms with E-state index in [1.165, 1.54) is 38.5 Å². The highest BCUT2D eigenvalue weighted by Crippen LogP contribution is 2.64. The van der Waals surface area contributed by atoms with Gasteiger partial charge in [-0.2, -0.15) is 0 Å². The summed E-state index contributed by atoms with van der Waals surface area (Å²) in [6, 6.07) is 0. The smallest absolute Gasteiger partial charge is 0.324 e. The van der Waals surface area contributed by atoms with Gasteiger partial charge in [0.05, 0.1) is 0 Å². The zero-order valence-corrected chi connectivity index (χ0v) is 14.0. The minimum atomic E-state index is -1.49. The molecule has 4 aliphatic carbocycles. The Labute approximate surface area is 120 Å². The second-order valence-corrected chi connectivity index (χ2v) is 9.75. The van der Waals surface area contributed by atoms with E-state index in [-0.39, 0.29) is 0 Å². The molecule has 0 aliphatic heterocycles. The normalized spacial score (nSPS) is 42.0. The van der Waals surface area contributed by atoms with Crippen molar-refractivity contribution in [3.05, 3.63) is 0 Å². The summed E-state index contributed by atoms with van der Waals surface area (Å²) in [5.41, 5.74) is 1.29. The van der Waals surface area contributed by atoms with Crippen LogP contribution in [0.1, 0.15) is 59.3 Å². The Balaban J connectivity index is 1.75. The number of rotatable bonds is 6. The van der Waals surface area contributed by atoms with Gasteiger partial charge in [0.2, 0.25) is 0 Å². The van der Waals surface area contributed by atoms with Gasteiger partial charge in [0.1, 0.15) is 0 Å². The maximum absolute atomic E-state index is 6.05. The summed E-state index contributed by atoms with van der Waals surface area (Å²) in [7, 11) is -1.49. The van der Waals surface area contributed by atoms with Crippen LogP contribution in [0.3, 0.4) is 0 Å². The topological polar surface area (TPSA) is 18.5 Å². The van der Waals surface area contributed by atoms with Crippen LogP contribution in [0.4, 0.5) is 0 Å². The van der Waals surface area contributed by atoms with Crippen LogP contribution < -0.4 is 0 Å². The van der Waals surface area contributed by atoms with E-state index in [0.717, 1.165) is 31.0 Å². The third-order valence-electron chi connectivity index (χ3n) is 6.12. The molecule has 4 aliphatic rings. The largest absolute Gasteiger partial charge is 0.397 e. The molecule has 3 heteroatoms. The summed E-state index contributed by atoms with van der Waals surface area (Å²) in [5, 5.41) is 0. The molecule has 0 aromatic rings. The molecule has 0 aromatic carbocycles. The molecule has 1 unspecified atom stereocenters. The Morgan fingerprint density at radius 1 is 0.947 bits per heavy atom. The van der Waals surface area contributed by atoms with Gasteiger partial charge in [-0.05, 0) is 75.5 Å². The van der Waals surface area contributed by atoms with Crippen molar-refractivity contribution >= 4 is 9.28 Å². The predicted molar refractivity (Wildman–Crippen MR) is 80.4 cm³/mol. The van der Waals surface area contributed by atoms with Crippen molar-refractivity contribution in [1.82, 2.24) is 0 Å². The third kappa shape index (κ3) is 2.54. The molecule has 110 valence electrons. The van der Waals surface area contributed by atoms with Crippen molar-refractivity contribution < 1.29 is 8.85 Å². The predicted octanol–water partition coefficient (Wildman–Crippen LogP) is 3.89. The summed E-state index contributed by atoms with van der Waals surface area (Å²) in [6.45, 7) is 8.34. The van der Waals surface area contributed by atoms with E-state index in [0.29, 0.717) is 11.0 Å². The van der Waals surface area contributed by atoms with Crippen LogP contribution in [-0.4, -0.2) is 22.5 Å². The highest BCUT2D eigenvalue weighted by atomic mass is 28.3. The van der Waals surface area contributed by atoms with Crippen LogP contribution in [0, 0.1) is 23.2 Å². The molecule has 0 spiro atoms. The van der Waals surface area contributed by atoms with Gasteiger partial charge in [0.15, 0.2) is 0 Å². The van der Waals surface area contributed by atoms with Crippen LogP contribution >= 0.6 is 0 Å². The van der Waals surface area contributed by atoms with Gasteiger partial charge in [-0.25, -0.2) is 0 Å². The number of hydrogen-bond acceptors (Lipinski definition) is 2. The first-order valence-corrected chi connectivity index (χ1v) is 10.0. The van der Waals surface area contributed by atoms with Gasteiger partial charge in [0, 0.05) is 18.8 Å². The number of hydrogen-bond donors (Lipinski definition) is 0. The van der Waals surface area contributed by atoms with Crippen LogP contribution in [-0.2, 0) is 8.85 Å². The van der Waals surface area contributed by atoms with Crippen LogP contribution in [0.5, 0.6) is 0 Å². The lowest BCUT2D eigenvalue weighted by molar-refractivity contribution is -0.0603. The fraction of sp³-hybridized carbons (Fsp3) is 1.00. The van der Waals surface area contributed by atoms with Crippen LogP contribution in [0.25, 0.3) is 0 Å². The molecular formula is C16H30O2Si. The summed E-state index contributed by atoms with van der Waals surface area (Å²) in [6.07, 6.45) is 9.02. The van der Waals surface area contributed by atoms with Crippen molar-refractivity contribution in [1.29, 1.82) is 0 Å². The van der Waals surface area contributed by atoms with Gasteiger partial charge in [0.25, 0.3) is 0 Å². The van der Waals surface area contributed by atoms with E-state index in [1.54, 1.807) is 0 Å². The fourth-order valence-electron chi connectivity index (χ4n) is 5.69. The molecule has 0 N–H and O–H groups in total. The van der Waals surface area contributed by atoms with Gasteiger partial charge < -0.3 is 8.85 Å². The Bertz CT molecular complexity index is 277. The van der Waals surface area contributed by atoms with E-state index in [2.05, 4.69) is 20.8 Å². The van der Waals surface area contributed by atoms with Gasteiger partial charge in [-0.3, -0.25) is 0 Å². The van der Waals surface area contributed by atoms with Crippen LogP contribution in [0.15, 0.2) is 0 Å². The average molecular weight is 282 g/mol. The van der Waals surface area contributed by atoms with Crippen molar-refractivity contribution in [2.75, 3.05) is 13.2 Å². The van der Waals surface area contributed by atoms with Crippen molar-refractivity contribution in [2.45, 2.75) is 64.8 Å². The van der Waals surface area contributed by atoms with E-state index in [9.17, 15) is 0 Å². The zero-order valence-electron chi connectivity index (χ0n) is 12.9. The molecule has 4 rings (SSSR count). The Kier molecular flexibility index (Phi) is 4.07. The van der Waals surface area contributed by atoms with Gasteiger partial charge in [-0.1, -0.05) is 6.92 Å². The molecule has 0 aromatic heterocycles. The minimum Gasteiger partial charge on any atom is -0.397 e. The van der Waals surface area contributed by atoms with Crippen molar-refractivity contribution in [2.24, 2.45) is 23.2 Å².